The quantitative estimate of drug-likeness (QED) is 0.589. The average molecular weight is 225 g/mol. The zero-order valence-corrected chi connectivity index (χ0v) is 9.56. The van der Waals surface area contributed by atoms with Gasteiger partial charge in [0.25, 0.3) is 5.56 Å². The first kappa shape index (κ1) is 10.7. The number of rotatable bonds is 3. The zero-order valence-electron chi connectivity index (χ0n) is 8.75. The van der Waals surface area contributed by atoms with E-state index in [4.69, 9.17) is 0 Å². The third kappa shape index (κ3) is 3.07. The van der Waals surface area contributed by atoms with E-state index in [-0.39, 0.29) is 5.56 Å². The van der Waals surface area contributed by atoms with Crippen LogP contribution < -0.4 is 10.9 Å². The summed E-state index contributed by atoms with van der Waals surface area (Å²) in [6.45, 7) is 4.04. The molecule has 0 bridgehead atoms. The fraction of sp³-hybridized carbons (Fsp3) is 0.600. The molecule has 2 N–H and O–H groups in total. The van der Waals surface area contributed by atoms with Gasteiger partial charge >= 0.3 is 0 Å². The van der Waals surface area contributed by atoms with E-state index in [0.29, 0.717) is 5.92 Å². The van der Waals surface area contributed by atoms with Crippen LogP contribution >= 0.6 is 11.8 Å². The van der Waals surface area contributed by atoms with Crippen molar-refractivity contribution in [3.63, 3.8) is 0 Å². The van der Waals surface area contributed by atoms with E-state index in [1.54, 1.807) is 11.8 Å². The maximum absolute atomic E-state index is 11.2. The molecule has 1 aromatic heterocycles. The Labute approximate surface area is 92.9 Å². The summed E-state index contributed by atoms with van der Waals surface area (Å²) in [5.41, 5.74) is 0.723. The van der Waals surface area contributed by atoms with Crippen molar-refractivity contribution in [3.05, 3.63) is 22.1 Å². The molecule has 2 rings (SSSR count). The van der Waals surface area contributed by atoms with E-state index in [1.807, 2.05) is 6.92 Å². The molecule has 0 radical (unpaired) electrons. The van der Waals surface area contributed by atoms with Crippen molar-refractivity contribution < 1.29 is 0 Å². The Balaban J connectivity index is 1.95. The van der Waals surface area contributed by atoms with E-state index in [1.165, 1.54) is 12.5 Å². The number of hydrogen-bond acceptors (Lipinski definition) is 4. The number of thioether (sulfide) groups is 1. The Morgan fingerprint density at radius 1 is 1.67 bits per heavy atom. The molecular formula is C10H15N3OS. The lowest BCUT2D eigenvalue weighted by atomic mass is 10.2. The van der Waals surface area contributed by atoms with Gasteiger partial charge in [-0.05, 0) is 32.4 Å². The van der Waals surface area contributed by atoms with Crippen molar-refractivity contribution in [3.8, 4) is 0 Å². The fourth-order valence-corrected chi connectivity index (χ4v) is 2.73. The van der Waals surface area contributed by atoms with Crippen LogP contribution in [-0.4, -0.2) is 28.8 Å². The van der Waals surface area contributed by atoms with E-state index >= 15 is 0 Å². The van der Waals surface area contributed by atoms with E-state index in [2.05, 4.69) is 15.3 Å². The normalized spacial score (nSPS) is 20.7. The van der Waals surface area contributed by atoms with Crippen molar-refractivity contribution in [1.29, 1.82) is 0 Å². The predicted molar refractivity (Wildman–Crippen MR) is 61.3 cm³/mol. The molecule has 5 heteroatoms. The SMILES string of the molecule is Cc1cc(=O)[nH]c(SCC2CCNC2)n1. The lowest BCUT2D eigenvalue weighted by Crippen LogP contribution is -2.12. The Morgan fingerprint density at radius 2 is 2.53 bits per heavy atom. The minimum atomic E-state index is -0.0606. The Kier molecular flexibility index (Phi) is 3.43. The monoisotopic (exact) mass is 225 g/mol. The van der Waals surface area contributed by atoms with Crippen molar-refractivity contribution in [2.75, 3.05) is 18.8 Å². The smallest absolute Gasteiger partial charge is 0.251 e. The van der Waals surface area contributed by atoms with Gasteiger partial charge in [0.15, 0.2) is 5.16 Å². The van der Waals surface area contributed by atoms with Crippen LogP contribution in [0.1, 0.15) is 12.1 Å². The van der Waals surface area contributed by atoms with Gasteiger partial charge < -0.3 is 10.3 Å². The minimum absolute atomic E-state index is 0.0606. The van der Waals surface area contributed by atoms with Crippen LogP contribution in [0, 0.1) is 12.8 Å². The summed E-state index contributed by atoms with van der Waals surface area (Å²) in [5, 5.41) is 4.07. The molecule has 1 unspecified atom stereocenters. The van der Waals surface area contributed by atoms with Crippen molar-refractivity contribution in [1.82, 2.24) is 15.3 Å². The van der Waals surface area contributed by atoms with Crippen LogP contribution in [0.4, 0.5) is 0 Å². The Hall–Kier alpha value is -0.810. The van der Waals surface area contributed by atoms with Gasteiger partial charge in [0.05, 0.1) is 0 Å². The number of nitrogens with one attached hydrogen (secondary N) is 2. The van der Waals surface area contributed by atoms with Gasteiger partial charge in [0.1, 0.15) is 0 Å². The first-order valence-corrected chi connectivity index (χ1v) is 6.14. The summed E-state index contributed by atoms with van der Waals surface area (Å²) in [7, 11) is 0. The maximum Gasteiger partial charge on any atom is 0.251 e. The van der Waals surface area contributed by atoms with Crippen molar-refractivity contribution in [2.45, 2.75) is 18.5 Å². The van der Waals surface area contributed by atoms with Crippen LogP contribution in [0.25, 0.3) is 0 Å². The van der Waals surface area contributed by atoms with E-state index in [0.717, 1.165) is 29.7 Å². The molecule has 82 valence electrons. The Morgan fingerprint density at radius 3 is 3.20 bits per heavy atom. The highest BCUT2D eigenvalue weighted by atomic mass is 32.2. The lowest BCUT2D eigenvalue weighted by molar-refractivity contribution is 0.661. The molecule has 4 nitrogen and oxygen atoms in total. The summed E-state index contributed by atoms with van der Waals surface area (Å²) < 4.78 is 0. The highest BCUT2D eigenvalue weighted by Crippen LogP contribution is 2.19. The molecule has 15 heavy (non-hydrogen) atoms. The summed E-state index contributed by atoms with van der Waals surface area (Å²) >= 11 is 1.64. The summed E-state index contributed by atoms with van der Waals surface area (Å²) in [5.74, 6) is 1.74. The van der Waals surface area contributed by atoms with Crippen LogP contribution in [0.3, 0.4) is 0 Å². The largest absolute Gasteiger partial charge is 0.316 e. The van der Waals surface area contributed by atoms with Gasteiger partial charge in [0, 0.05) is 17.5 Å². The number of aromatic amines is 1. The lowest BCUT2D eigenvalue weighted by Gasteiger charge is -2.06. The van der Waals surface area contributed by atoms with Gasteiger partial charge in [-0.3, -0.25) is 4.79 Å². The molecular weight excluding hydrogens is 210 g/mol. The van der Waals surface area contributed by atoms with Crippen LogP contribution in [0.5, 0.6) is 0 Å². The molecule has 0 aliphatic carbocycles. The molecule has 1 atom stereocenters. The molecule has 0 saturated carbocycles. The third-order valence-corrected chi connectivity index (χ3v) is 3.57. The molecule has 0 spiro atoms. The molecule has 0 amide bonds. The highest BCUT2D eigenvalue weighted by molar-refractivity contribution is 7.99. The number of H-pyrrole nitrogens is 1. The fourth-order valence-electron chi connectivity index (χ4n) is 1.67. The molecule has 1 aliphatic heterocycles. The standard InChI is InChI=1S/C10H15N3OS/c1-7-4-9(14)13-10(12-7)15-6-8-2-3-11-5-8/h4,8,11H,2-3,5-6H2,1H3,(H,12,13,14). The maximum atomic E-state index is 11.2. The minimum Gasteiger partial charge on any atom is -0.316 e. The molecule has 1 aromatic rings. The van der Waals surface area contributed by atoms with Crippen molar-refractivity contribution >= 4 is 11.8 Å². The van der Waals surface area contributed by atoms with Crippen LogP contribution in [0.15, 0.2) is 16.0 Å². The second-order valence-electron chi connectivity index (χ2n) is 3.86. The Bertz CT molecular complexity index is 384. The van der Waals surface area contributed by atoms with Gasteiger partial charge in [0.2, 0.25) is 0 Å². The average Bonchev–Trinajstić information content (AvgIpc) is 2.65. The molecule has 2 heterocycles. The number of nitrogens with zero attached hydrogens (tertiary/aromatic N) is 1. The van der Waals surface area contributed by atoms with Gasteiger partial charge in [-0.15, -0.1) is 0 Å². The van der Waals surface area contributed by atoms with Gasteiger partial charge in [-0.1, -0.05) is 11.8 Å². The van der Waals surface area contributed by atoms with E-state index in [9.17, 15) is 4.79 Å². The first-order valence-electron chi connectivity index (χ1n) is 5.15. The summed E-state index contributed by atoms with van der Waals surface area (Å²) in [6, 6.07) is 1.52. The van der Waals surface area contributed by atoms with E-state index < -0.39 is 0 Å². The summed E-state index contributed by atoms with van der Waals surface area (Å²) in [4.78, 5) is 18.2. The van der Waals surface area contributed by atoms with Gasteiger partial charge in [-0.2, -0.15) is 0 Å². The van der Waals surface area contributed by atoms with Crippen molar-refractivity contribution in [2.24, 2.45) is 5.92 Å². The van der Waals surface area contributed by atoms with Crippen LogP contribution in [-0.2, 0) is 0 Å². The second kappa shape index (κ2) is 4.81. The second-order valence-corrected chi connectivity index (χ2v) is 4.87. The number of hydrogen-bond donors (Lipinski definition) is 2. The predicted octanol–water partition coefficient (Wildman–Crippen LogP) is 0.780. The number of aryl methyl sites for hydroxylation is 1. The molecule has 1 fully saturated rings. The highest BCUT2D eigenvalue weighted by Gasteiger charge is 2.14. The van der Waals surface area contributed by atoms with Crippen LogP contribution in [0.2, 0.25) is 0 Å². The first-order chi connectivity index (χ1) is 7.24. The topological polar surface area (TPSA) is 57.8 Å². The summed E-state index contributed by atoms with van der Waals surface area (Å²) in [6.07, 6.45) is 1.23. The molecule has 1 aliphatic rings. The number of aromatic nitrogens is 2. The van der Waals surface area contributed by atoms with Gasteiger partial charge in [-0.25, -0.2) is 4.98 Å². The molecule has 0 aromatic carbocycles. The zero-order chi connectivity index (χ0) is 10.7. The third-order valence-electron chi connectivity index (χ3n) is 2.47. The molecule has 1 saturated heterocycles.